The van der Waals surface area contributed by atoms with E-state index in [0.29, 0.717) is 31.0 Å². The van der Waals surface area contributed by atoms with Crippen molar-refractivity contribution in [3.05, 3.63) is 54.0 Å². The lowest BCUT2D eigenvalue weighted by Gasteiger charge is -2.26. The van der Waals surface area contributed by atoms with Gasteiger partial charge >= 0.3 is 0 Å². The molecule has 0 atom stereocenters. The molecule has 0 aliphatic carbocycles. The number of benzene rings is 1. The van der Waals surface area contributed by atoms with Crippen LogP contribution in [-0.2, 0) is 16.6 Å². The highest BCUT2D eigenvalue weighted by atomic mass is 32.2. The van der Waals surface area contributed by atoms with Crippen molar-refractivity contribution in [2.75, 3.05) is 20.1 Å². The summed E-state index contributed by atoms with van der Waals surface area (Å²) in [6, 6.07) is 9.82. The van der Waals surface area contributed by atoms with Crippen molar-refractivity contribution < 1.29 is 17.6 Å². The first kappa shape index (κ1) is 17.7. The first-order valence-electron chi connectivity index (χ1n) is 8.36. The first-order valence-corrected chi connectivity index (χ1v) is 9.80. The fraction of sp³-hybridized carbons (Fsp3) is 0.389. The number of carbonyl (C=O) groups excluding carboxylic acids is 1. The Labute approximate surface area is 148 Å². The number of rotatable bonds is 5. The lowest BCUT2D eigenvalue weighted by Crippen LogP contribution is -2.35. The number of hydrogen-bond donors (Lipinski definition) is 0. The molecule has 6 nitrogen and oxygen atoms in total. The molecule has 25 heavy (non-hydrogen) atoms. The molecular weight excluding hydrogens is 340 g/mol. The van der Waals surface area contributed by atoms with Crippen LogP contribution in [0.25, 0.3) is 0 Å². The number of piperidine rings is 1. The van der Waals surface area contributed by atoms with E-state index in [1.165, 1.54) is 15.3 Å². The lowest BCUT2D eigenvalue weighted by molar-refractivity contribution is 0.0775. The van der Waals surface area contributed by atoms with E-state index in [2.05, 4.69) is 0 Å². The molecule has 7 heteroatoms. The maximum atomic E-state index is 12.8. The average Bonchev–Trinajstić information content (AvgIpc) is 3.15. The molecule has 134 valence electrons. The van der Waals surface area contributed by atoms with Crippen LogP contribution in [0.3, 0.4) is 0 Å². The van der Waals surface area contributed by atoms with E-state index in [1.54, 1.807) is 43.6 Å². The zero-order valence-corrected chi connectivity index (χ0v) is 15.0. The Morgan fingerprint density at radius 2 is 1.92 bits per heavy atom. The van der Waals surface area contributed by atoms with Crippen LogP contribution >= 0.6 is 0 Å². The van der Waals surface area contributed by atoms with E-state index in [4.69, 9.17) is 4.42 Å². The second kappa shape index (κ2) is 7.41. The fourth-order valence-corrected chi connectivity index (χ4v) is 4.54. The molecule has 1 amide bonds. The maximum absolute atomic E-state index is 12.8. The zero-order valence-electron chi connectivity index (χ0n) is 14.2. The van der Waals surface area contributed by atoms with Crippen LogP contribution in [0.15, 0.2) is 52.0 Å². The van der Waals surface area contributed by atoms with Gasteiger partial charge in [-0.25, -0.2) is 8.42 Å². The van der Waals surface area contributed by atoms with Crippen molar-refractivity contribution in [1.82, 2.24) is 9.21 Å². The summed E-state index contributed by atoms with van der Waals surface area (Å²) in [4.78, 5) is 14.3. The van der Waals surface area contributed by atoms with Gasteiger partial charge in [-0.05, 0) is 43.2 Å². The normalized spacial score (nSPS) is 15.9. The van der Waals surface area contributed by atoms with Gasteiger partial charge in [0.25, 0.3) is 5.91 Å². The van der Waals surface area contributed by atoms with E-state index >= 15 is 0 Å². The molecule has 0 saturated carbocycles. The van der Waals surface area contributed by atoms with Gasteiger partial charge in [0.2, 0.25) is 10.0 Å². The van der Waals surface area contributed by atoms with Crippen molar-refractivity contribution in [3.8, 4) is 0 Å². The third-order valence-electron chi connectivity index (χ3n) is 4.35. The summed E-state index contributed by atoms with van der Waals surface area (Å²) in [5, 5.41) is 0. The molecule has 1 aromatic heterocycles. The van der Waals surface area contributed by atoms with Gasteiger partial charge in [0.1, 0.15) is 5.76 Å². The molecule has 1 saturated heterocycles. The average molecular weight is 362 g/mol. The van der Waals surface area contributed by atoms with Crippen LogP contribution in [0.4, 0.5) is 0 Å². The number of amides is 1. The summed E-state index contributed by atoms with van der Waals surface area (Å²) in [7, 11) is -1.89. The van der Waals surface area contributed by atoms with Crippen LogP contribution < -0.4 is 0 Å². The van der Waals surface area contributed by atoms with Crippen molar-refractivity contribution in [1.29, 1.82) is 0 Å². The molecule has 0 radical (unpaired) electrons. The largest absolute Gasteiger partial charge is 0.467 e. The number of nitrogens with zero attached hydrogens (tertiary/aromatic N) is 2. The van der Waals surface area contributed by atoms with E-state index in [-0.39, 0.29) is 10.8 Å². The number of furan rings is 1. The monoisotopic (exact) mass is 362 g/mol. The van der Waals surface area contributed by atoms with Gasteiger partial charge in [-0.1, -0.05) is 12.5 Å². The standard InChI is InChI=1S/C18H22N2O4S/c1-19(14-16-8-6-12-24-16)18(21)15-7-5-9-17(13-15)25(22,23)20-10-3-2-4-11-20/h5-9,12-13H,2-4,10-11,14H2,1H3. The summed E-state index contributed by atoms with van der Waals surface area (Å²) in [5.41, 5.74) is 0.354. The number of sulfonamides is 1. The molecule has 0 unspecified atom stereocenters. The topological polar surface area (TPSA) is 70.8 Å². The van der Waals surface area contributed by atoms with Crippen LogP contribution in [0, 0.1) is 0 Å². The van der Waals surface area contributed by atoms with Gasteiger partial charge in [-0.3, -0.25) is 4.79 Å². The Kier molecular flexibility index (Phi) is 5.24. The molecule has 2 heterocycles. The highest BCUT2D eigenvalue weighted by Gasteiger charge is 2.26. The molecule has 1 aromatic carbocycles. The molecule has 1 aliphatic heterocycles. The summed E-state index contributed by atoms with van der Waals surface area (Å²) in [5.74, 6) is 0.431. The molecule has 0 bridgehead atoms. The van der Waals surface area contributed by atoms with Crippen molar-refractivity contribution in [2.45, 2.75) is 30.7 Å². The maximum Gasteiger partial charge on any atom is 0.254 e. The molecule has 3 rings (SSSR count). The second-order valence-corrected chi connectivity index (χ2v) is 8.17. The summed E-state index contributed by atoms with van der Waals surface area (Å²) < 4.78 is 32.3. The van der Waals surface area contributed by atoms with Crippen LogP contribution in [0.2, 0.25) is 0 Å². The molecule has 1 aliphatic rings. The van der Waals surface area contributed by atoms with E-state index in [9.17, 15) is 13.2 Å². The minimum Gasteiger partial charge on any atom is -0.467 e. The quantitative estimate of drug-likeness (QED) is 0.820. The van der Waals surface area contributed by atoms with Crippen LogP contribution in [0.5, 0.6) is 0 Å². The van der Waals surface area contributed by atoms with Crippen molar-refractivity contribution in [3.63, 3.8) is 0 Å². The smallest absolute Gasteiger partial charge is 0.254 e. The molecule has 1 fully saturated rings. The summed E-state index contributed by atoms with van der Waals surface area (Å²) >= 11 is 0. The SMILES string of the molecule is CN(Cc1ccco1)C(=O)c1cccc(S(=O)(=O)N2CCCCC2)c1. The zero-order chi connectivity index (χ0) is 17.9. The van der Waals surface area contributed by atoms with Gasteiger partial charge in [-0.15, -0.1) is 0 Å². The number of carbonyl (C=O) groups is 1. The highest BCUT2D eigenvalue weighted by molar-refractivity contribution is 7.89. The molecular formula is C18H22N2O4S. The van der Waals surface area contributed by atoms with E-state index in [1.807, 2.05) is 0 Å². The van der Waals surface area contributed by atoms with Gasteiger partial charge in [0, 0.05) is 25.7 Å². The van der Waals surface area contributed by atoms with E-state index in [0.717, 1.165) is 19.3 Å². The minimum absolute atomic E-state index is 0.173. The van der Waals surface area contributed by atoms with Gasteiger partial charge in [0.05, 0.1) is 17.7 Å². The molecule has 0 spiro atoms. The second-order valence-electron chi connectivity index (χ2n) is 6.23. The van der Waals surface area contributed by atoms with Gasteiger partial charge in [0.15, 0.2) is 0 Å². The molecule has 0 N–H and O–H groups in total. The summed E-state index contributed by atoms with van der Waals surface area (Å²) in [6.07, 6.45) is 4.37. The lowest BCUT2D eigenvalue weighted by atomic mass is 10.2. The first-order chi connectivity index (χ1) is 12.0. The highest BCUT2D eigenvalue weighted by Crippen LogP contribution is 2.22. The third-order valence-corrected chi connectivity index (χ3v) is 6.25. The number of hydrogen-bond acceptors (Lipinski definition) is 4. The Bertz CT molecular complexity index is 825. The fourth-order valence-electron chi connectivity index (χ4n) is 2.97. The van der Waals surface area contributed by atoms with Gasteiger partial charge < -0.3 is 9.32 Å². The van der Waals surface area contributed by atoms with Crippen molar-refractivity contribution in [2.24, 2.45) is 0 Å². The van der Waals surface area contributed by atoms with Gasteiger partial charge in [-0.2, -0.15) is 4.31 Å². The molecule has 2 aromatic rings. The predicted molar refractivity (Wildman–Crippen MR) is 93.6 cm³/mol. The Hall–Kier alpha value is -2.12. The third kappa shape index (κ3) is 3.93. The minimum atomic E-state index is -3.55. The summed E-state index contributed by atoms with van der Waals surface area (Å²) in [6.45, 7) is 1.41. The predicted octanol–water partition coefficient (Wildman–Crippen LogP) is 2.73. The Morgan fingerprint density at radius 1 is 1.16 bits per heavy atom. The van der Waals surface area contributed by atoms with E-state index < -0.39 is 10.0 Å². The van der Waals surface area contributed by atoms with Crippen LogP contribution in [-0.4, -0.2) is 43.7 Å². The van der Waals surface area contributed by atoms with Crippen molar-refractivity contribution >= 4 is 15.9 Å². The van der Waals surface area contributed by atoms with Crippen LogP contribution in [0.1, 0.15) is 35.4 Å². The Morgan fingerprint density at radius 3 is 2.60 bits per heavy atom. The Balaban J connectivity index is 1.79.